The highest BCUT2D eigenvalue weighted by molar-refractivity contribution is 6.08. The first-order valence-electron chi connectivity index (χ1n) is 18.2. The van der Waals surface area contributed by atoms with Gasteiger partial charge in [-0.15, -0.1) is 0 Å². The monoisotopic (exact) mass is 683 g/mol. The number of anilines is 2. The van der Waals surface area contributed by atoms with Crippen LogP contribution < -0.4 is 19.7 Å². The number of carbonyl (C=O) groups excluding carboxylic acids is 3. The van der Waals surface area contributed by atoms with Crippen LogP contribution >= 0.6 is 0 Å². The maximum absolute atomic E-state index is 13.5. The molecule has 0 unspecified atom stereocenters. The van der Waals surface area contributed by atoms with E-state index in [9.17, 15) is 14.4 Å². The van der Waals surface area contributed by atoms with Crippen LogP contribution in [0.1, 0.15) is 72.1 Å². The van der Waals surface area contributed by atoms with Crippen LogP contribution in [0.25, 0.3) is 0 Å². The number of para-hydroxylation sites is 3. The largest absolute Gasteiger partial charge is 0.493 e. The molecule has 0 aliphatic carbocycles. The third-order valence-corrected chi connectivity index (χ3v) is 9.53. The van der Waals surface area contributed by atoms with Crippen molar-refractivity contribution < 1.29 is 23.9 Å². The fourth-order valence-electron chi connectivity index (χ4n) is 6.44. The van der Waals surface area contributed by atoms with Crippen LogP contribution in [0.15, 0.2) is 72.8 Å². The molecule has 1 N–H and O–H groups in total. The SMILES string of the molecule is CN1CCN(C(=O)CCCCCOc2ccccc2N(C)C(=O)c2ccc(NC(=O)c3ccccc3OCCCN3CCCCC3)cc2)CC1. The molecule has 3 amide bonds. The molecule has 0 bridgehead atoms. The third-order valence-electron chi connectivity index (χ3n) is 9.53. The standard InChI is InChI=1S/C40H53N5O5/c1-42-26-28-45(29-27-42)38(46)18-5-3-12-30-50-37-17-9-7-15-35(37)43(2)40(48)32-19-21-33(22-20-32)41-39(47)34-14-6-8-16-36(34)49-31-13-25-44-23-10-4-11-24-44/h6-9,14-17,19-22H,3-5,10-13,18,23-31H2,1-2H3,(H,41,47). The predicted molar refractivity (Wildman–Crippen MR) is 198 cm³/mol. The summed E-state index contributed by atoms with van der Waals surface area (Å²) in [5, 5.41) is 2.94. The Morgan fingerprint density at radius 2 is 1.38 bits per heavy atom. The minimum Gasteiger partial charge on any atom is -0.493 e. The predicted octanol–water partition coefficient (Wildman–Crippen LogP) is 6.18. The number of piperidine rings is 1. The summed E-state index contributed by atoms with van der Waals surface area (Å²) in [6.45, 7) is 7.88. The van der Waals surface area contributed by atoms with Crippen LogP contribution in [0.3, 0.4) is 0 Å². The van der Waals surface area contributed by atoms with Gasteiger partial charge in [0, 0.05) is 57.4 Å². The lowest BCUT2D eigenvalue weighted by Gasteiger charge is -2.32. The molecule has 10 heteroatoms. The van der Waals surface area contributed by atoms with Crippen molar-refractivity contribution in [2.45, 2.75) is 51.4 Å². The second-order valence-corrected chi connectivity index (χ2v) is 13.3. The summed E-state index contributed by atoms with van der Waals surface area (Å²) in [7, 11) is 3.82. The summed E-state index contributed by atoms with van der Waals surface area (Å²) < 4.78 is 12.1. The van der Waals surface area contributed by atoms with Crippen LogP contribution in [0, 0.1) is 0 Å². The van der Waals surface area contributed by atoms with Crippen LogP contribution in [0.4, 0.5) is 11.4 Å². The van der Waals surface area contributed by atoms with E-state index in [1.807, 2.05) is 47.4 Å². The summed E-state index contributed by atoms with van der Waals surface area (Å²) in [5.74, 6) is 0.983. The van der Waals surface area contributed by atoms with Gasteiger partial charge >= 0.3 is 0 Å². The summed E-state index contributed by atoms with van der Waals surface area (Å²) in [4.78, 5) is 47.5. The van der Waals surface area contributed by atoms with Crippen molar-refractivity contribution in [3.05, 3.63) is 83.9 Å². The van der Waals surface area contributed by atoms with Gasteiger partial charge in [0.1, 0.15) is 11.5 Å². The van der Waals surface area contributed by atoms with Crippen molar-refractivity contribution in [3.63, 3.8) is 0 Å². The molecule has 5 rings (SSSR count). The van der Waals surface area contributed by atoms with Crippen LogP contribution in [0.2, 0.25) is 0 Å². The molecule has 10 nitrogen and oxygen atoms in total. The van der Waals surface area contributed by atoms with E-state index in [1.165, 1.54) is 19.3 Å². The fraction of sp³-hybridized carbons (Fsp3) is 0.475. The second kappa shape index (κ2) is 19.1. The normalized spacial score (nSPS) is 15.4. The number of benzene rings is 3. The van der Waals surface area contributed by atoms with Crippen molar-refractivity contribution in [2.75, 3.05) is 83.3 Å². The molecule has 2 fully saturated rings. The highest BCUT2D eigenvalue weighted by Gasteiger charge is 2.20. The van der Waals surface area contributed by atoms with E-state index in [0.29, 0.717) is 53.6 Å². The lowest BCUT2D eigenvalue weighted by Crippen LogP contribution is -2.47. The first kappa shape index (κ1) is 36.9. The average molecular weight is 684 g/mol. The van der Waals surface area contributed by atoms with E-state index in [1.54, 1.807) is 42.3 Å². The average Bonchev–Trinajstić information content (AvgIpc) is 3.15. The lowest BCUT2D eigenvalue weighted by molar-refractivity contribution is -0.132. The number of amides is 3. The number of nitrogens with zero attached hydrogens (tertiary/aromatic N) is 4. The number of likely N-dealkylation sites (tertiary alicyclic amines) is 1. The van der Waals surface area contributed by atoms with Gasteiger partial charge in [-0.2, -0.15) is 0 Å². The molecule has 2 aliphatic heterocycles. The van der Waals surface area contributed by atoms with Crippen LogP contribution in [-0.2, 0) is 4.79 Å². The minimum atomic E-state index is -0.263. The summed E-state index contributed by atoms with van der Waals surface area (Å²) in [5.41, 5.74) is 2.22. The van der Waals surface area contributed by atoms with Crippen molar-refractivity contribution in [3.8, 4) is 11.5 Å². The minimum absolute atomic E-state index is 0.190. The van der Waals surface area contributed by atoms with E-state index >= 15 is 0 Å². The number of likely N-dealkylation sites (N-methyl/N-ethyl adjacent to an activating group) is 1. The van der Waals surface area contributed by atoms with Crippen molar-refractivity contribution >= 4 is 29.1 Å². The van der Waals surface area contributed by atoms with E-state index in [-0.39, 0.29) is 17.7 Å². The van der Waals surface area contributed by atoms with E-state index in [2.05, 4.69) is 22.2 Å². The van der Waals surface area contributed by atoms with Crippen molar-refractivity contribution in [2.24, 2.45) is 0 Å². The molecular formula is C40H53N5O5. The van der Waals surface area contributed by atoms with Gasteiger partial charge in [0.05, 0.1) is 24.5 Å². The maximum Gasteiger partial charge on any atom is 0.259 e. The Labute approximate surface area is 297 Å². The Morgan fingerprint density at radius 1 is 0.720 bits per heavy atom. The Kier molecular flexibility index (Phi) is 14.1. The van der Waals surface area contributed by atoms with Gasteiger partial charge in [-0.05, 0) is 107 Å². The van der Waals surface area contributed by atoms with E-state index < -0.39 is 0 Å². The van der Waals surface area contributed by atoms with Crippen LogP contribution in [0.5, 0.6) is 11.5 Å². The molecule has 3 aromatic carbocycles. The quantitative estimate of drug-likeness (QED) is 0.180. The smallest absolute Gasteiger partial charge is 0.259 e. The number of hydrogen-bond acceptors (Lipinski definition) is 7. The topological polar surface area (TPSA) is 94.7 Å². The van der Waals surface area contributed by atoms with E-state index in [0.717, 1.165) is 71.5 Å². The molecule has 0 spiro atoms. The summed E-state index contributed by atoms with van der Waals surface area (Å²) in [6, 6.07) is 21.7. The van der Waals surface area contributed by atoms with E-state index in [4.69, 9.17) is 9.47 Å². The highest BCUT2D eigenvalue weighted by Crippen LogP contribution is 2.29. The Morgan fingerprint density at radius 3 is 2.14 bits per heavy atom. The molecule has 0 atom stereocenters. The molecule has 50 heavy (non-hydrogen) atoms. The zero-order valence-electron chi connectivity index (χ0n) is 29.8. The molecule has 2 heterocycles. The number of rotatable bonds is 16. The molecule has 2 aliphatic rings. The molecule has 2 saturated heterocycles. The van der Waals surface area contributed by atoms with Gasteiger partial charge < -0.3 is 34.4 Å². The molecular weight excluding hydrogens is 630 g/mol. The third kappa shape index (κ3) is 10.8. The van der Waals surface area contributed by atoms with Crippen molar-refractivity contribution in [1.29, 1.82) is 0 Å². The zero-order chi connectivity index (χ0) is 35.1. The molecule has 3 aromatic rings. The van der Waals surface area contributed by atoms with Gasteiger partial charge in [0.2, 0.25) is 5.91 Å². The van der Waals surface area contributed by atoms with Crippen LogP contribution in [-0.4, -0.2) is 106 Å². The Hall–Kier alpha value is -4.41. The number of nitrogens with one attached hydrogen (secondary N) is 1. The number of carbonyl (C=O) groups is 3. The van der Waals surface area contributed by atoms with Crippen molar-refractivity contribution in [1.82, 2.24) is 14.7 Å². The van der Waals surface area contributed by atoms with Gasteiger partial charge in [-0.25, -0.2) is 0 Å². The first-order chi connectivity index (χ1) is 24.4. The second-order valence-electron chi connectivity index (χ2n) is 13.3. The Bertz CT molecular complexity index is 1530. The molecule has 0 saturated carbocycles. The van der Waals surface area contributed by atoms with Gasteiger partial charge in [0.25, 0.3) is 11.8 Å². The molecule has 0 radical (unpaired) electrons. The summed E-state index contributed by atoms with van der Waals surface area (Å²) in [6.07, 6.45) is 7.90. The number of piperazine rings is 1. The zero-order valence-corrected chi connectivity index (χ0v) is 29.8. The van der Waals surface area contributed by atoms with Gasteiger partial charge in [-0.3, -0.25) is 14.4 Å². The maximum atomic E-state index is 13.5. The molecule has 0 aromatic heterocycles. The van der Waals surface area contributed by atoms with Gasteiger partial charge in [0.15, 0.2) is 0 Å². The van der Waals surface area contributed by atoms with Gasteiger partial charge in [-0.1, -0.05) is 30.7 Å². The number of unbranched alkanes of at least 4 members (excludes halogenated alkanes) is 2. The number of ether oxygens (including phenoxy) is 2. The number of hydrogen-bond donors (Lipinski definition) is 1. The highest BCUT2D eigenvalue weighted by atomic mass is 16.5. The fourth-order valence-corrected chi connectivity index (χ4v) is 6.44. The first-order valence-corrected chi connectivity index (χ1v) is 18.2. The lowest BCUT2D eigenvalue weighted by atomic mass is 10.1. The Balaban J connectivity index is 1.07. The summed E-state index contributed by atoms with van der Waals surface area (Å²) >= 11 is 0. The molecule has 268 valence electrons.